The van der Waals surface area contributed by atoms with Crippen molar-refractivity contribution in [2.45, 2.75) is 13.1 Å². The predicted molar refractivity (Wildman–Crippen MR) is 43.5 cm³/mol. The van der Waals surface area contributed by atoms with E-state index >= 15 is 0 Å². The van der Waals surface area contributed by atoms with Gasteiger partial charge in [0.05, 0.1) is 25.5 Å². The van der Waals surface area contributed by atoms with Crippen molar-refractivity contribution in [1.82, 2.24) is 15.5 Å². The van der Waals surface area contributed by atoms with Gasteiger partial charge < -0.3 is 14.3 Å². The summed E-state index contributed by atoms with van der Waals surface area (Å²) >= 11 is 0. The molecule has 0 radical (unpaired) electrons. The van der Waals surface area contributed by atoms with E-state index in [1.807, 2.05) is 6.07 Å². The summed E-state index contributed by atoms with van der Waals surface area (Å²) in [5.41, 5.74) is 0. The quantitative estimate of drug-likeness (QED) is 0.757. The fourth-order valence-corrected chi connectivity index (χ4v) is 0.972. The van der Waals surface area contributed by atoms with Crippen LogP contribution >= 0.6 is 0 Å². The van der Waals surface area contributed by atoms with Gasteiger partial charge >= 0.3 is 0 Å². The Kier molecular flexibility index (Phi) is 2.38. The molecule has 0 unspecified atom stereocenters. The summed E-state index contributed by atoms with van der Waals surface area (Å²) in [4.78, 5) is 3.80. The summed E-state index contributed by atoms with van der Waals surface area (Å²) in [5, 5.41) is 6.71. The second-order valence-corrected chi connectivity index (χ2v) is 2.55. The number of hydrogen-bond donors (Lipinski definition) is 1. The zero-order chi connectivity index (χ0) is 8.93. The first kappa shape index (κ1) is 8.00. The van der Waals surface area contributed by atoms with Crippen LogP contribution in [-0.4, -0.2) is 10.1 Å². The van der Waals surface area contributed by atoms with E-state index in [2.05, 4.69) is 15.5 Å². The zero-order valence-electron chi connectivity index (χ0n) is 6.93. The second kappa shape index (κ2) is 3.86. The number of oxazole rings is 1. The average Bonchev–Trinajstić information content (AvgIpc) is 2.75. The zero-order valence-corrected chi connectivity index (χ0v) is 6.93. The predicted octanol–water partition coefficient (Wildman–Crippen LogP) is 0.952. The van der Waals surface area contributed by atoms with Gasteiger partial charge in [-0.3, -0.25) is 0 Å². The van der Waals surface area contributed by atoms with Crippen LogP contribution in [-0.2, 0) is 13.1 Å². The third kappa shape index (κ3) is 2.16. The molecule has 2 aromatic heterocycles. The summed E-state index contributed by atoms with van der Waals surface area (Å²) in [6, 6.07) is 1.81. The molecule has 0 saturated carbocycles. The third-order valence-corrected chi connectivity index (χ3v) is 1.57. The highest BCUT2D eigenvalue weighted by Crippen LogP contribution is 1.98. The lowest BCUT2D eigenvalue weighted by Gasteiger charge is -1.96. The highest BCUT2D eigenvalue weighted by Gasteiger charge is 1.98. The molecule has 0 aliphatic carbocycles. The summed E-state index contributed by atoms with van der Waals surface area (Å²) in [6.45, 7) is 1.28. The summed E-state index contributed by atoms with van der Waals surface area (Å²) in [5.74, 6) is 1.61. The Morgan fingerprint density at radius 3 is 2.92 bits per heavy atom. The van der Waals surface area contributed by atoms with Crippen molar-refractivity contribution < 1.29 is 8.94 Å². The molecule has 0 aliphatic rings. The minimum atomic E-state index is 0.640. The van der Waals surface area contributed by atoms with Gasteiger partial charge in [0.15, 0.2) is 6.39 Å². The van der Waals surface area contributed by atoms with Crippen molar-refractivity contribution >= 4 is 0 Å². The first-order valence-electron chi connectivity index (χ1n) is 3.93. The molecule has 68 valence electrons. The monoisotopic (exact) mass is 179 g/mol. The minimum absolute atomic E-state index is 0.640. The fraction of sp³-hybridized carbons (Fsp3) is 0.250. The smallest absolute Gasteiger partial charge is 0.180 e. The summed E-state index contributed by atoms with van der Waals surface area (Å²) in [7, 11) is 0. The second-order valence-electron chi connectivity index (χ2n) is 2.55. The van der Waals surface area contributed by atoms with Crippen molar-refractivity contribution in [3.05, 3.63) is 36.4 Å². The summed E-state index contributed by atoms with van der Waals surface area (Å²) < 4.78 is 9.93. The molecule has 0 fully saturated rings. The van der Waals surface area contributed by atoms with Crippen LogP contribution in [0, 0.1) is 0 Å². The number of aromatic nitrogens is 2. The van der Waals surface area contributed by atoms with E-state index in [1.165, 1.54) is 6.39 Å². The minimum Gasteiger partial charge on any atom is -0.447 e. The van der Waals surface area contributed by atoms with Crippen molar-refractivity contribution in [2.75, 3.05) is 0 Å². The Bertz CT molecular complexity index is 294. The maximum absolute atomic E-state index is 5.03. The molecular weight excluding hydrogens is 170 g/mol. The van der Waals surface area contributed by atoms with Crippen molar-refractivity contribution in [3.8, 4) is 0 Å². The van der Waals surface area contributed by atoms with Crippen LogP contribution in [0.15, 0.2) is 33.8 Å². The van der Waals surface area contributed by atoms with E-state index < -0.39 is 0 Å². The van der Waals surface area contributed by atoms with Crippen LogP contribution in [0.1, 0.15) is 11.5 Å². The molecule has 0 aliphatic heterocycles. The lowest BCUT2D eigenvalue weighted by atomic mass is 10.4. The maximum Gasteiger partial charge on any atom is 0.180 e. The van der Waals surface area contributed by atoms with Crippen LogP contribution in [0.25, 0.3) is 0 Å². The molecule has 0 aromatic carbocycles. The first-order chi connectivity index (χ1) is 6.45. The molecule has 2 rings (SSSR count). The third-order valence-electron chi connectivity index (χ3n) is 1.57. The van der Waals surface area contributed by atoms with Gasteiger partial charge in [-0.2, -0.15) is 0 Å². The molecule has 0 bridgehead atoms. The molecule has 1 N–H and O–H groups in total. The number of nitrogens with one attached hydrogen (secondary N) is 1. The van der Waals surface area contributed by atoms with Gasteiger partial charge in [0, 0.05) is 6.07 Å². The van der Waals surface area contributed by atoms with Crippen molar-refractivity contribution in [2.24, 2.45) is 0 Å². The van der Waals surface area contributed by atoms with Crippen molar-refractivity contribution in [1.29, 1.82) is 0 Å². The fourth-order valence-electron chi connectivity index (χ4n) is 0.972. The molecule has 0 amide bonds. The molecule has 0 spiro atoms. The average molecular weight is 179 g/mol. The van der Waals surface area contributed by atoms with Gasteiger partial charge in [-0.25, -0.2) is 4.98 Å². The largest absolute Gasteiger partial charge is 0.447 e. The molecule has 2 aromatic rings. The lowest BCUT2D eigenvalue weighted by molar-refractivity contribution is 0.368. The molecule has 0 saturated heterocycles. The Labute approximate surface area is 74.7 Å². The Balaban J connectivity index is 1.76. The van der Waals surface area contributed by atoms with Gasteiger partial charge in [0.1, 0.15) is 11.5 Å². The van der Waals surface area contributed by atoms with Gasteiger partial charge in [-0.15, -0.1) is 0 Å². The van der Waals surface area contributed by atoms with Gasteiger partial charge in [0.2, 0.25) is 0 Å². The van der Waals surface area contributed by atoms with E-state index in [0.29, 0.717) is 13.1 Å². The Hall–Kier alpha value is -1.62. The molecule has 0 atom stereocenters. The highest BCUT2D eigenvalue weighted by molar-refractivity contribution is 4.93. The highest BCUT2D eigenvalue weighted by atomic mass is 16.5. The Morgan fingerprint density at radius 1 is 1.31 bits per heavy atom. The van der Waals surface area contributed by atoms with E-state index in [4.69, 9.17) is 8.94 Å². The van der Waals surface area contributed by atoms with Gasteiger partial charge in [-0.05, 0) is 0 Å². The van der Waals surface area contributed by atoms with Crippen LogP contribution in [0.3, 0.4) is 0 Å². The normalized spacial score (nSPS) is 10.5. The molecule has 5 nitrogen and oxygen atoms in total. The topological polar surface area (TPSA) is 64.1 Å². The van der Waals surface area contributed by atoms with E-state index in [9.17, 15) is 0 Å². The molecule has 2 heterocycles. The number of rotatable bonds is 4. The van der Waals surface area contributed by atoms with Crippen LogP contribution < -0.4 is 5.32 Å². The Morgan fingerprint density at radius 2 is 2.23 bits per heavy atom. The first-order valence-corrected chi connectivity index (χ1v) is 3.93. The molecule has 5 heteroatoms. The van der Waals surface area contributed by atoms with E-state index in [0.717, 1.165) is 11.5 Å². The van der Waals surface area contributed by atoms with Crippen LogP contribution in [0.5, 0.6) is 0 Å². The maximum atomic E-state index is 5.03. The SMILES string of the molecule is c1cc(CNCc2cnco2)on1. The van der Waals surface area contributed by atoms with Crippen LogP contribution in [0.4, 0.5) is 0 Å². The van der Waals surface area contributed by atoms with Gasteiger partial charge in [0.25, 0.3) is 0 Å². The number of nitrogens with zero attached hydrogens (tertiary/aromatic N) is 2. The van der Waals surface area contributed by atoms with Crippen LogP contribution in [0.2, 0.25) is 0 Å². The number of hydrogen-bond acceptors (Lipinski definition) is 5. The van der Waals surface area contributed by atoms with Crippen molar-refractivity contribution in [3.63, 3.8) is 0 Å². The standard InChI is InChI=1S/C8H9N3O2/c1-2-11-13-7(1)3-9-4-8-5-10-6-12-8/h1-2,5-6,9H,3-4H2. The molecular formula is C8H9N3O2. The van der Waals surface area contributed by atoms with E-state index in [-0.39, 0.29) is 0 Å². The molecule has 13 heavy (non-hydrogen) atoms. The van der Waals surface area contributed by atoms with E-state index in [1.54, 1.807) is 12.4 Å². The lowest BCUT2D eigenvalue weighted by Crippen LogP contribution is -2.11. The van der Waals surface area contributed by atoms with Gasteiger partial charge in [-0.1, -0.05) is 5.16 Å². The summed E-state index contributed by atoms with van der Waals surface area (Å²) in [6.07, 6.45) is 4.70.